The van der Waals surface area contributed by atoms with E-state index in [4.69, 9.17) is 9.47 Å². The highest BCUT2D eigenvalue weighted by Gasteiger charge is 2.00. The van der Waals surface area contributed by atoms with E-state index in [9.17, 15) is 0 Å². The number of rotatable bonds is 9. The molecule has 0 bridgehead atoms. The minimum absolute atomic E-state index is 0.791. The van der Waals surface area contributed by atoms with E-state index in [1.54, 1.807) is 0 Å². The summed E-state index contributed by atoms with van der Waals surface area (Å²) >= 11 is 0. The van der Waals surface area contributed by atoms with Crippen molar-refractivity contribution in [3.63, 3.8) is 0 Å². The van der Waals surface area contributed by atoms with Gasteiger partial charge in [0.2, 0.25) is 0 Å². The second kappa shape index (κ2) is 9.14. The molecule has 0 aliphatic carbocycles. The molecular formula is C20H26O2. The standard InChI is InChI=1S/C20H26O2/c1-3-5-15-21-19-11-7-17(8-12-19)18-9-13-20(14-10-18)22-16-6-4-2/h7-14H,3-6,15-16H2,1-2H3. The molecule has 0 aliphatic rings. The maximum atomic E-state index is 5.69. The van der Waals surface area contributed by atoms with Gasteiger partial charge in [0.1, 0.15) is 11.5 Å². The summed E-state index contributed by atoms with van der Waals surface area (Å²) in [6.45, 7) is 5.92. The zero-order valence-corrected chi connectivity index (χ0v) is 13.7. The van der Waals surface area contributed by atoms with E-state index in [1.807, 2.05) is 24.3 Å². The first kappa shape index (κ1) is 16.4. The van der Waals surface area contributed by atoms with Gasteiger partial charge in [-0.05, 0) is 48.2 Å². The molecule has 2 rings (SSSR count). The average Bonchev–Trinajstić information content (AvgIpc) is 2.57. The Morgan fingerprint density at radius 1 is 0.591 bits per heavy atom. The molecule has 0 saturated heterocycles. The van der Waals surface area contributed by atoms with Gasteiger partial charge in [-0.3, -0.25) is 0 Å². The van der Waals surface area contributed by atoms with Gasteiger partial charge in [-0.15, -0.1) is 0 Å². The van der Waals surface area contributed by atoms with Gasteiger partial charge in [-0.2, -0.15) is 0 Å². The lowest BCUT2D eigenvalue weighted by atomic mass is 10.1. The summed E-state index contributed by atoms with van der Waals surface area (Å²) < 4.78 is 11.4. The predicted molar refractivity (Wildman–Crippen MR) is 92.7 cm³/mol. The van der Waals surface area contributed by atoms with Crippen LogP contribution in [0.5, 0.6) is 11.5 Å². The molecule has 22 heavy (non-hydrogen) atoms. The fraction of sp³-hybridized carbons (Fsp3) is 0.400. The minimum Gasteiger partial charge on any atom is -0.494 e. The van der Waals surface area contributed by atoms with E-state index in [0.29, 0.717) is 0 Å². The highest BCUT2D eigenvalue weighted by atomic mass is 16.5. The Labute approximate surface area is 134 Å². The number of benzene rings is 2. The van der Waals surface area contributed by atoms with Crippen LogP contribution < -0.4 is 9.47 Å². The molecule has 2 aromatic carbocycles. The zero-order chi connectivity index (χ0) is 15.6. The van der Waals surface area contributed by atoms with Crippen LogP contribution in [0.15, 0.2) is 48.5 Å². The Morgan fingerprint density at radius 3 is 1.27 bits per heavy atom. The van der Waals surface area contributed by atoms with Crippen LogP contribution in [-0.4, -0.2) is 13.2 Å². The molecule has 118 valence electrons. The number of unbranched alkanes of at least 4 members (excludes halogenated alkanes) is 2. The maximum absolute atomic E-state index is 5.69. The smallest absolute Gasteiger partial charge is 0.119 e. The Bertz CT molecular complexity index is 477. The first-order chi connectivity index (χ1) is 10.8. The SMILES string of the molecule is CCCCOc1ccc(-c2ccc(OCCCC)cc2)cc1. The molecule has 0 amide bonds. The Kier molecular flexibility index (Phi) is 6.82. The highest BCUT2D eigenvalue weighted by molar-refractivity contribution is 5.64. The van der Waals surface area contributed by atoms with Crippen molar-refractivity contribution in [1.82, 2.24) is 0 Å². The monoisotopic (exact) mass is 298 g/mol. The Balaban J connectivity index is 1.93. The fourth-order valence-corrected chi connectivity index (χ4v) is 2.16. The second-order valence-corrected chi connectivity index (χ2v) is 5.45. The van der Waals surface area contributed by atoms with Crippen LogP contribution in [0.2, 0.25) is 0 Å². The highest BCUT2D eigenvalue weighted by Crippen LogP contribution is 2.24. The summed E-state index contributed by atoms with van der Waals surface area (Å²) in [5, 5.41) is 0. The van der Waals surface area contributed by atoms with Gasteiger partial charge >= 0.3 is 0 Å². The quantitative estimate of drug-likeness (QED) is 0.552. The molecule has 0 atom stereocenters. The summed E-state index contributed by atoms with van der Waals surface area (Å²) in [7, 11) is 0. The van der Waals surface area contributed by atoms with Crippen molar-refractivity contribution in [2.45, 2.75) is 39.5 Å². The van der Waals surface area contributed by atoms with Crippen LogP contribution in [0.25, 0.3) is 11.1 Å². The van der Waals surface area contributed by atoms with Crippen LogP contribution >= 0.6 is 0 Å². The summed E-state index contributed by atoms with van der Waals surface area (Å²) in [4.78, 5) is 0. The molecule has 2 heteroatoms. The molecule has 2 aromatic rings. The number of hydrogen-bond donors (Lipinski definition) is 0. The van der Waals surface area contributed by atoms with E-state index < -0.39 is 0 Å². The number of hydrogen-bond acceptors (Lipinski definition) is 2. The lowest BCUT2D eigenvalue weighted by Gasteiger charge is -2.08. The molecule has 0 fully saturated rings. The van der Waals surface area contributed by atoms with E-state index in [2.05, 4.69) is 38.1 Å². The molecule has 0 unspecified atom stereocenters. The molecule has 0 spiro atoms. The molecule has 0 N–H and O–H groups in total. The lowest BCUT2D eigenvalue weighted by Crippen LogP contribution is -1.96. The molecule has 0 aromatic heterocycles. The van der Waals surface area contributed by atoms with Crippen molar-refractivity contribution in [1.29, 1.82) is 0 Å². The third kappa shape index (κ3) is 5.10. The third-order valence-corrected chi connectivity index (χ3v) is 3.58. The predicted octanol–water partition coefficient (Wildman–Crippen LogP) is 5.71. The topological polar surface area (TPSA) is 18.5 Å². The molecular weight excluding hydrogens is 272 g/mol. The van der Waals surface area contributed by atoms with Crippen LogP contribution in [0.1, 0.15) is 39.5 Å². The summed E-state index contributed by atoms with van der Waals surface area (Å²) in [6, 6.07) is 16.6. The van der Waals surface area contributed by atoms with Gasteiger partial charge in [-0.1, -0.05) is 51.0 Å². The third-order valence-electron chi connectivity index (χ3n) is 3.58. The van der Waals surface area contributed by atoms with E-state index in [-0.39, 0.29) is 0 Å². The zero-order valence-electron chi connectivity index (χ0n) is 13.7. The number of ether oxygens (including phenoxy) is 2. The van der Waals surface area contributed by atoms with Gasteiger partial charge in [0.25, 0.3) is 0 Å². The van der Waals surface area contributed by atoms with Crippen LogP contribution in [-0.2, 0) is 0 Å². The van der Waals surface area contributed by atoms with Gasteiger partial charge in [0.05, 0.1) is 13.2 Å². The van der Waals surface area contributed by atoms with Gasteiger partial charge in [0.15, 0.2) is 0 Å². The van der Waals surface area contributed by atoms with Gasteiger partial charge < -0.3 is 9.47 Å². The van der Waals surface area contributed by atoms with E-state index >= 15 is 0 Å². The summed E-state index contributed by atoms with van der Waals surface area (Å²) in [5.74, 6) is 1.88. The normalized spacial score (nSPS) is 10.5. The largest absolute Gasteiger partial charge is 0.494 e. The summed E-state index contributed by atoms with van der Waals surface area (Å²) in [6.07, 6.45) is 4.51. The van der Waals surface area contributed by atoms with Gasteiger partial charge in [0, 0.05) is 0 Å². The van der Waals surface area contributed by atoms with E-state index in [1.165, 1.54) is 11.1 Å². The first-order valence-electron chi connectivity index (χ1n) is 8.29. The van der Waals surface area contributed by atoms with Crippen LogP contribution in [0, 0.1) is 0 Å². The summed E-state index contributed by atoms with van der Waals surface area (Å²) in [5.41, 5.74) is 2.39. The molecule has 0 aliphatic heterocycles. The van der Waals surface area contributed by atoms with Gasteiger partial charge in [-0.25, -0.2) is 0 Å². The first-order valence-corrected chi connectivity index (χ1v) is 8.29. The van der Waals surface area contributed by atoms with Crippen molar-refractivity contribution in [3.8, 4) is 22.6 Å². The van der Waals surface area contributed by atoms with Crippen molar-refractivity contribution in [2.24, 2.45) is 0 Å². The Hall–Kier alpha value is -1.96. The van der Waals surface area contributed by atoms with E-state index in [0.717, 1.165) is 50.4 Å². The van der Waals surface area contributed by atoms with Crippen molar-refractivity contribution < 1.29 is 9.47 Å². The van der Waals surface area contributed by atoms with Crippen molar-refractivity contribution >= 4 is 0 Å². The molecule has 0 heterocycles. The second-order valence-electron chi connectivity index (χ2n) is 5.45. The van der Waals surface area contributed by atoms with Crippen molar-refractivity contribution in [2.75, 3.05) is 13.2 Å². The van der Waals surface area contributed by atoms with Crippen molar-refractivity contribution in [3.05, 3.63) is 48.5 Å². The maximum Gasteiger partial charge on any atom is 0.119 e. The molecule has 0 radical (unpaired) electrons. The fourth-order valence-electron chi connectivity index (χ4n) is 2.16. The minimum atomic E-state index is 0.791. The average molecular weight is 298 g/mol. The van der Waals surface area contributed by atoms with Crippen LogP contribution in [0.4, 0.5) is 0 Å². The molecule has 2 nitrogen and oxygen atoms in total. The Morgan fingerprint density at radius 2 is 0.955 bits per heavy atom. The van der Waals surface area contributed by atoms with Crippen LogP contribution in [0.3, 0.4) is 0 Å². The lowest BCUT2D eigenvalue weighted by molar-refractivity contribution is 0.309. The molecule has 0 saturated carbocycles.